The first-order valence-corrected chi connectivity index (χ1v) is 6.56. The third-order valence-corrected chi connectivity index (χ3v) is 4.13. The van der Waals surface area contributed by atoms with Gasteiger partial charge in [0.2, 0.25) is 5.91 Å². The van der Waals surface area contributed by atoms with Gasteiger partial charge in [-0.2, -0.15) is 0 Å². The van der Waals surface area contributed by atoms with Gasteiger partial charge in [-0.05, 0) is 25.2 Å². The van der Waals surface area contributed by atoms with Crippen LogP contribution in [0, 0.1) is 11.8 Å². The molecule has 2 fully saturated rings. The molecule has 4 heteroatoms. The van der Waals surface area contributed by atoms with Crippen molar-refractivity contribution in [3.05, 3.63) is 0 Å². The SMILES string of the molecule is CC1CC1C(=O)NC1(CC(=O)O)CCCCC1. The van der Waals surface area contributed by atoms with Gasteiger partial charge in [0.1, 0.15) is 0 Å². The highest BCUT2D eigenvalue weighted by molar-refractivity contribution is 5.83. The Hall–Kier alpha value is -1.06. The Balaban J connectivity index is 1.99. The molecule has 2 aliphatic rings. The first-order chi connectivity index (χ1) is 8.02. The zero-order valence-electron chi connectivity index (χ0n) is 10.4. The predicted octanol–water partition coefficient (Wildman–Crippen LogP) is 1.94. The average molecular weight is 239 g/mol. The highest BCUT2D eigenvalue weighted by Gasteiger charge is 2.43. The fourth-order valence-electron chi connectivity index (χ4n) is 2.91. The molecule has 0 saturated heterocycles. The Bertz CT molecular complexity index is 321. The van der Waals surface area contributed by atoms with Crippen LogP contribution in [-0.4, -0.2) is 22.5 Å². The van der Waals surface area contributed by atoms with Gasteiger partial charge in [-0.15, -0.1) is 0 Å². The van der Waals surface area contributed by atoms with Gasteiger partial charge in [-0.25, -0.2) is 0 Å². The fourth-order valence-corrected chi connectivity index (χ4v) is 2.91. The molecule has 17 heavy (non-hydrogen) atoms. The van der Waals surface area contributed by atoms with Gasteiger partial charge in [0.05, 0.1) is 12.0 Å². The first kappa shape index (κ1) is 12.4. The molecule has 2 aliphatic carbocycles. The minimum absolute atomic E-state index is 0.0693. The predicted molar refractivity (Wildman–Crippen MR) is 63.5 cm³/mol. The van der Waals surface area contributed by atoms with Gasteiger partial charge < -0.3 is 10.4 Å². The van der Waals surface area contributed by atoms with Crippen LogP contribution >= 0.6 is 0 Å². The highest BCUT2D eigenvalue weighted by atomic mass is 16.4. The van der Waals surface area contributed by atoms with Crippen molar-refractivity contribution in [2.75, 3.05) is 0 Å². The summed E-state index contributed by atoms with van der Waals surface area (Å²) in [6.07, 6.45) is 5.84. The van der Waals surface area contributed by atoms with Crippen LogP contribution < -0.4 is 5.32 Å². The molecule has 2 atom stereocenters. The molecule has 4 nitrogen and oxygen atoms in total. The van der Waals surface area contributed by atoms with Crippen LogP contribution in [-0.2, 0) is 9.59 Å². The molecular weight excluding hydrogens is 218 g/mol. The lowest BCUT2D eigenvalue weighted by atomic mass is 9.79. The van der Waals surface area contributed by atoms with Crippen LogP contribution in [0.5, 0.6) is 0 Å². The Morgan fingerprint density at radius 3 is 2.35 bits per heavy atom. The number of rotatable bonds is 4. The minimum atomic E-state index is -0.809. The van der Waals surface area contributed by atoms with Crippen molar-refractivity contribution in [1.29, 1.82) is 0 Å². The van der Waals surface area contributed by atoms with Crippen molar-refractivity contribution in [3.8, 4) is 0 Å². The molecule has 0 aliphatic heterocycles. The van der Waals surface area contributed by atoms with Crippen LogP contribution in [0.2, 0.25) is 0 Å². The molecule has 2 unspecified atom stereocenters. The van der Waals surface area contributed by atoms with E-state index in [1.165, 1.54) is 0 Å². The number of nitrogens with one attached hydrogen (secondary N) is 1. The number of aliphatic carboxylic acids is 1. The average Bonchev–Trinajstić information content (AvgIpc) is 2.95. The number of carboxylic acids is 1. The van der Waals surface area contributed by atoms with Crippen molar-refractivity contribution in [1.82, 2.24) is 5.32 Å². The number of carbonyl (C=O) groups excluding carboxylic acids is 1. The lowest BCUT2D eigenvalue weighted by Crippen LogP contribution is -2.51. The maximum absolute atomic E-state index is 12.0. The third kappa shape index (κ3) is 2.99. The minimum Gasteiger partial charge on any atom is -0.481 e. The van der Waals surface area contributed by atoms with Crippen molar-refractivity contribution in [2.24, 2.45) is 11.8 Å². The van der Waals surface area contributed by atoms with Gasteiger partial charge in [0.25, 0.3) is 0 Å². The van der Waals surface area contributed by atoms with Crippen molar-refractivity contribution in [2.45, 2.75) is 57.4 Å². The second-order valence-electron chi connectivity index (χ2n) is 5.72. The molecule has 0 aromatic carbocycles. The van der Waals surface area contributed by atoms with Gasteiger partial charge in [0, 0.05) is 5.92 Å². The van der Waals surface area contributed by atoms with Crippen LogP contribution in [0.4, 0.5) is 0 Å². The third-order valence-electron chi connectivity index (χ3n) is 4.13. The Morgan fingerprint density at radius 2 is 1.88 bits per heavy atom. The number of carboxylic acid groups (broad SMARTS) is 1. The van der Waals surface area contributed by atoms with Crippen LogP contribution in [0.15, 0.2) is 0 Å². The monoisotopic (exact) mass is 239 g/mol. The molecule has 2 saturated carbocycles. The lowest BCUT2D eigenvalue weighted by molar-refractivity contribution is -0.139. The molecule has 0 aromatic heterocycles. The maximum atomic E-state index is 12.0. The van der Waals surface area contributed by atoms with E-state index < -0.39 is 11.5 Å². The molecule has 0 spiro atoms. The quantitative estimate of drug-likeness (QED) is 0.787. The zero-order valence-corrected chi connectivity index (χ0v) is 10.4. The fraction of sp³-hybridized carbons (Fsp3) is 0.846. The summed E-state index contributed by atoms with van der Waals surface area (Å²) in [4.78, 5) is 22.9. The van der Waals surface area contributed by atoms with E-state index in [-0.39, 0.29) is 18.2 Å². The zero-order chi connectivity index (χ0) is 12.5. The molecule has 0 heterocycles. The molecular formula is C13H21NO3. The second-order valence-corrected chi connectivity index (χ2v) is 5.72. The summed E-state index contributed by atoms with van der Waals surface area (Å²) in [5, 5.41) is 12.0. The van der Waals surface area contributed by atoms with Gasteiger partial charge >= 0.3 is 5.97 Å². The maximum Gasteiger partial charge on any atom is 0.305 e. The van der Waals surface area contributed by atoms with E-state index in [1.807, 2.05) is 0 Å². The van der Waals surface area contributed by atoms with Gasteiger partial charge in [0.15, 0.2) is 0 Å². The number of hydrogen-bond donors (Lipinski definition) is 2. The van der Waals surface area contributed by atoms with Crippen molar-refractivity contribution < 1.29 is 14.7 Å². The van der Waals surface area contributed by atoms with Crippen molar-refractivity contribution in [3.63, 3.8) is 0 Å². The molecule has 0 radical (unpaired) electrons. The summed E-state index contributed by atoms with van der Waals surface area (Å²) in [6.45, 7) is 2.06. The molecule has 2 N–H and O–H groups in total. The van der Waals surface area contributed by atoms with E-state index in [1.54, 1.807) is 0 Å². The second kappa shape index (κ2) is 4.67. The van der Waals surface area contributed by atoms with Gasteiger partial charge in [-0.3, -0.25) is 9.59 Å². The molecule has 0 aromatic rings. The molecule has 2 rings (SSSR count). The van der Waals surface area contributed by atoms with E-state index in [0.29, 0.717) is 5.92 Å². The summed E-state index contributed by atoms with van der Waals surface area (Å²) in [5.74, 6) is -0.139. The van der Waals surface area contributed by atoms with Crippen LogP contribution in [0.1, 0.15) is 51.9 Å². The number of hydrogen-bond acceptors (Lipinski definition) is 2. The van der Waals surface area contributed by atoms with E-state index in [9.17, 15) is 9.59 Å². The Morgan fingerprint density at radius 1 is 1.29 bits per heavy atom. The summed E-state index contributed by atoms with van der Waals surface area (Å²) >= 11 is 0. The standard InChI is InChI=1S/C13H21NO3/c1-9-7-10(9)12(17)14-13(8-11(15)16)5-3-2-4-6-13/h9-10H,2-8H2,1H3,(H,14,17)(H,15,16). The van der Waals surface area contributed by atoms with E-state index >= 15 is 0 Å². The molecule has 1 amide bonds. The lowest BCUT2D eigenvalue weighted by Gasteiger charge is -2.37. The van der Waals surface area contributed by atoms with Crippen LogP contribution in [0.3, 0.4) is 0 Å². The Kier molecular flexibility index (Phi) is 3.40. The first-order valence-electron chi connectivity index (χ1n) is 6.56. The normalized spacial score (nSPS) is 30.6. The summed E-state index contributed by atoms with van der Waals surface area (Å²) in [5.41, 5.74) is -0.469. The van der Waals surface area contributed by atoms with Crippen molar-refractivity contribution >= 4 is 11.9 Å². The Labute approximate surface area is 102 Å². The van der Waals surface area contributed by atoms with E-state index in [0.717, 1.165) is 38.5 Å². The largest absolute Gasteiger partial charge is 0.481 e. The number of amides is 1. The van der Waals surface area contributed by atoms with E-state index in [4.69, 9.17) is 5.11 Å². The van der Waals surface area contributed by atoms with Crippen LogP contribution in [0.25, 0.3) is 0 Å². The summed E-state index contributed by atoms with van der Waals surface area (Å²) in [6, 6.07) is 0. The molecule has 96 valence electrons. The highest BCUT2D eigenvalue weighted by Crippen LogP contribution is 2.39. The number of carbonyl (C=O) groups is 2. The molecule has 0 bridgehead atoms. The smallest absolute Gasteiger partial charge is 0.305 e. The van der Waals surface area contributed by atoms with E-state index in [2.05, 4.69) is 12.2 Å². The summed E-state index contributed by atoms with van der Waals surface area (Å²) < 4.78 is 0. The summed E-state index contributed by atoms with van der Waals surface area (Å²) in [7, 11) is 0. The van der Waals surface area contributed by atoms with Gasteiger partial charge in [-0.1, -0.05) is 26.2 Å². The topological polar surface area (TPSA) is 66.4 Å².